The fourth-order valence-electron chi connectivity index (χ4n) is 1.68. The quantitative estimate of drug-likeness (QED) is 0.385. The van der Waals surface area contributed by atoms with Crippen LogP contribution in [0.25, 0.3) is 0 Å². The van der Waals surface area contributed by atoms with E-state index >= 15 is 0 Å². The van der Waals surface area contributed by atoms with Crippen LogP contribution < -0.4 is 0 Å². The van der Waals surface area contributed by atoms with Gasteiger partial charge < -0.3 is 30.3 Å². The van der Waals surface area contributed by atoms with Crippen LogP contribution >= 0.6 is 0 Å². The van der Waals surface area contributed by atoms with E-state index in [0.29, 0.717) is 0 Å². The molecule has 16 heavy (non-hydrogen) atoms. The number of carbonyl (C=O) groups is 1. The number of carboxylic acids is 1. The molecule has 1 aliphatic heterocycles. The Labute approximate surface area is 91.9 Å². The van der Waals surface area contributed by atoms with Gasteiger partial charge in [-0.3, -0.25) is 0 Å². The van der Waals surface area contributed by atoms with Crippen LogP contribution in [0.4, 0.5) is 0 Å². The van der Waals surface area contributed by atoms with Gasteiger partial charge in [0.2, 0.25) is 0 Å². The molecule has 1 fully saturated rings. The van der Waals surface area contributed by atoms with Crippen LogP contribution in [0.3, 0.4) is 0 Å². The zero-order valence-electron chi connectivity index (χ0n) is 8.78. The molecule has 7 nitrogen and oxygen atoms in total. The fraction of sp³-hybridized carbons (Fsp3) is 0.889. The molecule has 7 heteroatoms. The summed E-state index contributed by atoms with van der Waals surface area (Å²) in [6, 6.07) is 0. The van der Waals surface area contributed by atoms with E-state index < -0.39 is 42.6 Å². The first-order valence-electron chi connectivity index (χ1n) is 4.94. The summed E-state index contributed by atoms with van der Waals surface area (Å²) in [4.78, 5) is 10.7. The van der Waals surface area contributed by atoms with Gasteiger partial charge in [0.15, 0.2) is 0 Å². The minimum absolute atomic E-state index is 0.0400. The summed E-state index contributed by atoms with van der Waals surface area (Å²) in [5.74, 6) is -4.15. The average molecular weight is 236 g/mol. The highest BCUT2D eigenvalue weighted by molar-refractivity contribution is 5.75. The molecule has 1 heterocycles. The number of aliphatic carboxylic acids is 1. The van der Waals surface area contributed by atoms with Gasteiger partial charge >= 0.3 is 5.97 Å². The van der Waals surface area contributed by atoms with Crippen LogP contribution in [0.15, 0.2) is 0 Å². The number of hydrogen-bond donors (Lipinski definition) is 5. The van der Waals surface area contributed by atoms with Crippen molar-refractivity contribution in [2.24, 2.45) is 0 Å². The van der Waals surface area contributed by atoms with Gasteiger partial charge in [0, 0.05) is 12.8 Å². The van der Waals surface area contributed by atoms with E-state index in [0.717, 1.165) is 0 Å². The van der Waals surface area contributed by atoms with Crippen LogP contribution in [-0.4, -0.2) is 61.7 Å². The van der Waals surface area contributed by atoms with E-state index in [1.165, 1.54) is 6.92 Å². The number of aliphatic hydroxyl groups is 4. The molecule has 0 bridgehead atoms. The number of hydrogen-bond acceptors (Lipinski definition) is 6. The molecule has 0 aromatic carbocycles. The van der Waals surface area contributed by atoms with Crippen molar-refractivity contribution < 1.29 is 35.1 Å². The normalized spacial score (nSPS) is 39.1. The van der Waals surface area contributed by atoms with Gasteiger partial charge in [0.1, 0.15) is 6.10 Å². The Kier molecular flexibility index (Phi) is 3.87. The maximum Gasteiger partial charge on any atom is 0.364 e. The van der Waals surface area contributed by atoms with E-state index in [1.54, 1.807) is 0 Å². The highest BCUT2D eigenvalue weighted by atomic mass is 16.7. The van der Waals surface area contributed by atoms with Gasteiger partial charge in [-0.25, -0.2) is 4.79 Å². The molecule has 0 aliphatic carbocycles. The molecule has 0 spiro atoms. The summed E-state index contributed by atoms with van der Waals surface area (Å²) < 4.78 is 4.81. The Bertz CT molecular complexity index is 267. The molecule has 0 aromatic heterocycles. The lowest BCUT2D eigenvalue weighted by molar-refractivity contribution is -0.286. The van der Waals surface area contributed by atoms with E-state index in [-0.39, 0.29) is 6.42 Å². The molecule has 1 rings (SSSR count). The van der Waals surface area contributed by atoms with Gasteiger partial charge in [-0.15, -0.1) is 0 Å². The molecule has 94 valence electrons. The molecule has 1 aliphatic rings. The first-order valence-corrected chi connectivity index (χ1v) is 4.94. The third-order valence-electron chi connectivity index (χ3n) is 2.57. The van der Waals surface area contributed by atoms with Gasteiger partial charge in [-0.1, -0.05) is 0 Å². The average Bonchev–Trinajstić information content (AvgIpc) is 2.14. The smallest absolute Gasteiger partial charge is 0.364 e. The summed E-state index contributed by atoms with van der Waals surface area (Å²) in [5.41, 5.74) is 0. The molecule has 0 amide bonds. The summed E-state index contributed by atoms with van der Waals surface area (Å²) in [6.45, 7) is 1.30. The number of carboxylic acid groups (broad SMARTS) is 1. The Hall–Kier alpha value is -0.730. The van der Waals surface area contributed by atoms with Crippen molar-refractivity contribution >= 4 is 5.97 Å². The first-order chi connectivity index (χ1) is 7.26. The van der Waals surface area contributed by atoms with Crippen LogP contribution in [-0.2, 0) is 9.53 Å². The Morgan fingerprint density at radius 3 is 2.50 bits per heavy atom. The predicted octanol–water partition coefficient (Wildman–Crippen LogP) is -1.96. The van der Waals surface area contributed by atoms with E-state index in [2.05, 4.69) is 0 Å². The van der Waals surface area contributed by atoms with Crippen molar-refractivity contribution in [1.29, 1.82) is 0 Å². The zero-order chi connectivity index (χ0) is 12.5. The lowest BCUT2D eigenvalue weighted by Gasteiger charge is -2.39. The Morgan fingerprint density at radius 1 is 1.50 bits per heavy atom. The fourth-order valence-corrected chi connectivity index (χ4v) is 1.68. The number of ether oxygens (including phenoxy) is 1. The van der Waals surface area contributed by atoms with Crippen LogP contribution in [0.2, 0.25) is 0 Å². The maximum atomic E-state index is 10.7. The highest BCUT2D eigenvalue weighted by Crippen LogP contribution is 2.29. The predicted molar refractivity (Wildman–Crippen MR) is 50.4 cm³/mol. The topological polar surface area (TPSA) is 127 Å². The van der Waals surface area contributed by atoms with E-state index in [1.807, 2.05) is 0 Å². The third kappa shape index (κ3) is 2.69. The van der Waals surface area contributed by atoms with Gasteiger partial charge in [-0.2, -0.15) is 0 Å². The standard InChI is InChI=1S/C9H16O7/c1-4(10)7(12)6-2-5(11)3-9(15,16-6)8(13)14/h4-7,10-12,15H,2-3H2,1H3,(H,13,14). The lowest BCUT2D eigenvalue weighted by atomic mass is 9.94. The monoisotopic (exact) mass is 236 g/mol. The molecule has 5 N–H and O–H groups in total. The second kappa shape index (κ2) is 4.64. The molecule has 0 saturated carbocycles. The summed E-state index contributed by atoms with van der Waals surface area (Å²) in [6.07, 6.45) is -5.24. The second-order valence-corrected chi connectivity index (χ2v) is 4.07. The number of aliphatic hydroxyl groups excluding tert-OH is 3. The van der Waals surface area contributed by atoms with E-state index in [9.17, 15) is 20.1 Å². The van der Waals surface area contributed by atoms with Crippen molar-refractivity contribution in [2.45, 2.75) is 50.0 Å². The SMILES string of the molecule is CC(O)C(O)C1CC(O)CC(O)(C(=O)O)O1. The van der Waals surface area contributed by atoms with Crippen molar-refractivity contribution in [3.05, 3.63) is 0 Å². The number of rotatable bonds is 3. The molecule has 5 unspecified atom stereocenters. The van der Waals surface area contributed by atoms with Crippen LogP contribution in [0, 0.1) is 0 Å². The summed E-state index contributed by atoms with van der Waals surface area (Å²) in [5, 5.41) is 46.3. The summed E-state index contributed by atoms with van der Waals surface area (Å²) >= 11 is 0. The molecule has 0 radical (unpaired) electrons. The maximum absolute atomic E-state index is 10.7. The van der Waals surface area contributed by atoms with Crippen molar-refractivity contribution in [3.8, 4) is 0 Å². The van der Waals surface area contributed by atoms with Gasteiger partial charge in [0.25, 0.3) is 5.79 Å². The van der Waals surface area contributed by atoms with Gasteiger partial charge in [-0.05, 0) is 6.92 Å². The van der Waals surface area contributed by atoms with Crippen LogP contribution in [0.5, 0.6) is 0 Å². The van der Waals surface area contributed by atoms with Gasteiger partial charge in [0.05, 0.1) is 18.3 Å². The molecule has 1 saturated heterocycles. The minimum Gasteiger partial charge on any atom is -0.477 e. The lowest BCUT2D eigenvalue weighted by Crippen LogP contribution is -2.55. The van der Waals surface area contributed by atoms with Crippen molar-refractivity contribution in [1.82, 2.24) is 0 Å². The molecule has 0 aromatic rings. The molecular formula is C9H16O7. The molecule has 5 atom stereocenters. The van der Waals surface area contributed by atoms with E-state index in [4.69, 9.17) is 14.9 Å². The Balaban J connectivity index is 2.79. The second-order valence-electron chi connectivity index (χ2n) is 4.07. The van der Waals surface area contributed by atoms with Crippen molar-refractivity contribution in [3.63, 3.8) is 0 Å². The third-order valence-corrected chi connectivity index (χ3v) is 2.57. The summed E-state index contributed by atoms with van der Waals surface area (Å²) in [7, 11) is 0. The highest BCUT2D eigenvalue weighted by Gasteiger charge is 2.48. The van der Waals surface area contributed by atoms with Crippen molar-refractivity contribution in [2.75, 3.05) is 0 Å². The first kappa shape index (κ1) is 13.3. The Morgan fingerprint density at radius 2 is 2.06 bits per heavy atom. The largest absolute Gasteiger partial charge is 0.477 e. The molecular weight excluding hydrogens is 220 g/mol. The minimum atomic E-state index is -2.52. The zero-order valence-corrected chi connectivity index (χ0v) is 8.78. The van der Waals surface area contributed by atoms with Crippen LogP contribution in [0.1, 0.15) is 19.8 Å².